The van der Waals surface area contributed by atoms with Crippen LogP contribution in [0.5, 0.6) is 0 Å². The Kier molecular flexibility index (Phi) is 11.6. The number of hydrogen-bond donors (Lipinski definition) is 2. The van der Waals surface area contributed by atoms with Crippen LogP contribution in [-0.4, -0.2) is 56.0 Å². The summed E-state index contributed by atoms with van der Waals surface area (Å²) in [4.78, 5) is 39.6. The first kappa shape index (κ1) is 36.4. The van der Waals surface area contributed by atoms with E-state index in [9.17, 15) is 19.5 Å². The molecular weight excluding hydrogens is 713 g/mol. The van der Waals surface area contributed by atoms with Crippen molar-refractivity contribution >= 4 is 41.0 Å². The molecule has 11 nitrogen and oxygen atoms in total. The largest absolute Gasteiger partial charge is 0.445 e. The number of nitrogens with zero attached hydrogens (tertiary/aromatic N) is 3. The lowest BCUT2D eigenvalue weighted by Crippen LogP contribution is -2.41. The van der Waals surface area contributed by atoms with E-state index in [0.29, 0.717) is 12.2 Å². The molecule has 0 spiro atoms. The molecule has 2 aliphatic heterocycles. The summed E-state index contributed by atoms with van der Waals surface area (Å²) in [6.45, 7) is 2.06. The third kappa shape index (κ3) is 9.18. The Bertz CT molecular complexity index is 2040. The van der Waals surface area contributed by atoms with Gasteiger partial charge in [-0.05, 0) is 46.4 Å². The van der Waals surface area contributed by atoms with Crippen LogP contribution in [0.2, 0.25) is 0 Å². The fourth-order valence-electron chi connectivity index (χ4n) is 6.26. The molecule has 4 atom stereocenters. The number of aromatic nitrogens is 2. The topological polar surface area (TPSA) is 140 Å². The second kappa shape index (κ2) is 16.8. The Morgan fingerprint density at radius 3 is 2.40 bits per heavy atom. The highest BCUT2D eigenvalue weighted by molar-refractivity contribution is 8.01. The molecule has 5 aromatic rings. The van der Waals surface area contributed by atoms with E-state index >= 15 is 0 Å². The molecule has 272 valence electrons. The van der Waals surface area contributed by atoms with Crippen molar-refractivity contribution in [2.45, 2.75) is 68.4 Å². The number of hydrogen-bond acceptors (Lipinski definition) is 11. The maximum absolute atomic E-state index is 13.1. The van der Waals surface area contributed by atoms with Crippen LogP contribution >= 0.6 is 23.1 Å². The number of nitrogens with one attached hydrogen (secondary N) is 1. The van der Waals surface area contributed by atoms with Gasteiger partial charge in [-0.3, -0.25) is 14.5 Å². The normalized spacial score (nSPS) is 20.1. The fraction of sp³-hybridized carbons (Fsp3) is 0.275. The molecule has 3 heterocycles. The van der Waals surface area contributed by atoms with E-state index in [1.54, 1.807) is 23.1 Å². The van der Waals surface area contributed by atoms with Gasteiger partial charge in [0.1, 0.15) is 17.7 Å². The van der Waals surface area contributed by atoms with Gasteiger partial charge in [-0.1, -0.05) is 120 Å². The predicted octanol–water partition coefficient (Wildman–Crippen LogP) is 6.90. The maximum atomic E-state index is 13.1. The molecule has 7 rings (SSSR count). The molecule has 3 amide bonds. The van der Waals surface area contributed by atoms with Gasteiger partial charge in [0, 0.05) is 17.7 Å². The minimum Gasteiger partial charge on any atom is -0.445 e. The average molecular weight is 751 g/mol. The number of imide groups is 1. The Hall–Kier alpha value is -4.92. The van der Waals surface area contributed by atoms with Gasteiger partial charge >= 0.3 is 6.09 Å². The third-order valence-corrected chi connectivity index (χ3v) is 11.2. The number of aliphatic hydroxyl groups is 1. The molecule has 0 bridgehead atoms. The summed E-state index contributed by atoms with van der Waals surface area (Å²) < 4.78 is 19.2. The minimum atomic E-state index is -0.975. The highest BCUT2D eigenvalue weighted by Gasteiger charge is 2.40. The number of aryl methyl sites for hydroxylation is 1. The van der Waals surface area contributed by atoms with Gasteiger partial charge in [-0.2, -0.15) is 0 Å². The van der Waals surface area contributed by atoms with Crippen molar-refractivity contribution in [3.05, 3.63) is 136 Å². The number of benzene rings is 4. The molecule has 4 aromatic carbocycles. The summed E-state index contributed by atoms with van der Waals surface area (Å²) in [6.07, 6.45) is -1.11. The van der Waals surface area contributed by atoms with Gasteiger partial charge < -0.3 is 24.6 Å². The quantitative estimate of drug-likeness (QED) is 0.102. The monoisotopic (exact) mass is 750 g/mol. The Morgan fingerprint density at radius 2 is 1.66 bits per heavy atom. The van der Waals surface area contributed by atoms with Crippen molar-refractivity contribution in [3.8, 4) is 11.1 Å². The second-order valence-electron chi connectivity index (χ2n) is 12.9. The number of carbonyl (C=O) groups is 3. The van der Waals surface area contributed by atoms with Crippen molar-refractivity contribution in [2.75, 3.05) is 5.75 Å². The minimum absolute atomic E-state index is 0.0201. The van der Waals surface area contributed by atoms with Crippen molar-refractivity contribution < 1.29 is 33.7 Å². The van der Waals surface area contributed by atoms with Crippen LogP contribution in [0.1, 0.15) is 58.1 Å². The average Bonchev–Trinajstić information content (AvgIpc) is 3.73. The van der Waals surface area contributed by atoms with Gasteiger partial charge in [0.05, 0.1) is 31.8 Å². The molecule has 0 aliphatic carbocycles. The lowest BCUT2D eigenvalue weighted by molar-refractivity contribution is -0.245. The summed E-state index contributed by atoms with van der Waals surface area (Å²) in [7, 11) is 0. The lowest BCUT2D eigenvalue weighted by atomic mass is 9.99. The summed E-state index contributed by atoms with van der Waals surface area (Å²) in [6, 6.07) is 31.7. The highest BCUT2D eigenvalue weighted by atomic mass is 32.2. The molecule has 13 heteroatoms. The van der Waals surface area contributed by atoms with Crippen LogP contribution in [0.4, 0.5) is 4.79 Å². The van der Waals surface area contributed by atoms with E-state index in [1.165, 1.54) is 4.90 Å². The van der Waals surface area contributed by atoms with E-state index in [0.717, 1.165) is 48.3 Å². The molecule has 2 N–H and O–H groups in total. The highest BCUT2D eigenvalue weighted by Crippen LogP contribution is 2.40. The van der Waals surface area contributed by atoms with Crippen LogP contribution in [0, 0.1) is 6.92 Å². The van der Waals surface area contributed by atoms with Crippen molar-refractivity contribution in [3.63, 3.8) is 0 Å². The van der Waals surface area contributed by atoms with Crippen molar-refractivity contribution in [2.24, 2.45) is 0 Å². The number of amides is 3. The number of ether oxygens (including phenoxy) is 3. The summed E-state index contributed by atoms with van der Waals surface area (Å²) >= 11 is 3.19. The maximum Gasteiger partial charge on any atom is 0.408 e. The SMILES string of the molecule is Cc1nnc(SCC2CC(c3ccc(CO)cc3)OC(c3ccc(-c4cccc(CN5C(=O)CC(NC(=O)OCc6ccccc6)C5=O)c4)cc3)O2)s1. The number of carbonyl (C=O) groups excluding carboxylic acids is 3. The zero-order valence-corrected chi connectivity index (χ0v) is 30.6. The molecule has 0 saturated carbocycles. The van der Waals surface area contributed by atoms with Crippen LogP contribution in [0.25, 0.3) is 11.1 Å². The van der Waals surface area contributed by atoms with Gasteiger partial charge in [-0.25, -0.2) is 4.79 Å². The van der Waals surface area contributed by atoms with Crippen LogP contribution < -0.4 is 5.32 Å². The first-order chi connectivity index (χ1) is 25.8. The van der Waals surface area contributed by atoms with Gasteiger partial charge in [-0.15, -0.1) is 10.2 Å². The van der Waals surface area contributed by atoms with Crippen LogP contribution in [0.15, 0.2) is 107 Å². The van der Waals surface area contributed by atoms with Crippen molar-refractivity contribution in [1.82, 2.24) is 20.4 Å². The molecule has 2 fully saturated rings. The molecule has 1 aromatic heterocycles. The zero-order valence-electron chi connectivity index (χ0n) is 28.9. The fourth-order valence-corrected chi connectivity index (χ4v) is 8.12. The smallest absolute Gasteiger partial charge is 0.408 e. The van der Waals surface area contributed by atoms with Gasteiger partial charge in [0.15, 0.2) is 10.6 Å². The van der Waals surface area contributed by atoms with E-state index in [2.05, 4.69) is 15.5 Å². The molecule has 53 heavy (non-hydrogen) atoms. The number of aliphatic hydroxyl groups excluding tert-OH is 1. The number of alkyl carbamates (subject to hydrolysis) is 1. The molecule has 4 unspecified atom stereocenters. The summed E-state index contributed by atoms with van der Waals surface area (Å²) in [5, 5.41) is 21.4. The Morgan fingerprint density at radius 1 is 0.906 bits per heavy atom. The number of thioether (sulfide) groups is 1. The Balaban J connectivity index is 0.997. The number of rotatable bonds is 12. The predicted molar refractivity (Wildman–Crippen MR) is 199 cm³/mol. The molecular formula is C40H38N4O7S2. The lowest BCUT2D eigenvalue weighted by Gasteiger charge is -2.36. The molecule has 2 aliphatic rings. The second-order valence-corrected chi connectivity index (χ2v) is 15.3. The standard InChI is InChI=1S/C40H38N4O7S2/c1-25-42-43-40(53-25)52-24-33-19-35(30-12-10-26(22-45)11-13-30)51-38(50-33)31-16-14-29(15-17-31)32-9-5-8-28(18-32)21-44-36(46)20-34(37(44)47)41-39(48)49-23-27-6-3-2-4-7-27/h2-18,33-35,38,45H,19-24H2,1H3,(H,41,48). The van der Waals surface area contributed by atoms with Gasteiger partial charge in [0.25, 0.3) is 5.91 Å². The zero-order chi connectivity index (χ0) is 36.7. The van der Waals surface area contributed by atoms with Gasteiger partial charge in [0.2, 0.25) is 5.91 Å². The summed E-state index contributed by atoms with van der Waals surface area (Å²) in [5.41, 5.74) is 6.19. The van der Waals surface area contributed by atoms with E-state index in [-0.39, 0.29) is 44.3 Å². The first-order valence-electron chi connectivity index (χ1n) is 17.3. The molecule has 0 radical (unpaired) electrons. The van der Waals surface area contributed by atoms with E-state index in [1.807, 2.05) is 110 Å². The van der Waals surface area contributed by atoms with E-state index < -0.39 is 24.3 Å². The third-order valence-electron chi connectivity index (χ3n) is 9.05. The molecule has 2 saturated heterocycles. The Labute approximate surface area is 315 Å². The number of likely N-dealkylation sites (tertiary alicyclic amines) is 1. The van der Waals surface area contributed by atoms with Crippen molar-refractivity contribution in [1.29, 1.82) is 0 Å². The van der Waals surface area contributed by atoms with Crippen LogP contribution in [0.3, 0.4) is 0 Å². The first-order valence-corrected chi connectivity index (χ1v) is 19.1. The van der Waals surface area contributed by atoms with Crippen LogP contribution in [-0.2, 0) is 43.6 Å². The van der Waals surface area contributed by atoms with E-state index in [4.69, 9.17) is 14.2 Å². The summed E-state index contributed by atoms with van der Waals surface area (Å²) in [5.74, 6) is -0.128.